The zero-order valence-corrected chi connectivity index (χ0v) is 12.3. The van der Waals surface area contributed by atoms with Gasteiger partial charge in [0.05, 0.1) is 22.4 Å². The van der Waals surface area contributed by atoms with Crippen LogP contribution in [0.15, 0.2) is 34.1 Å². The van der Waals surface area contributed by atoms with Crippen LogP contribution >= 0.6 is 0 Å². The van der Waals surface area contributed by atoms with E-state index in [9.17, 15) is 20.7 Å². The molecule has 1 aromatic carbocycles. The number of ether oxygens (including phenoxy) is 1. The first kappa shape index (κ1) is 15.4. The standard InChI is InChI=1S/C11H14FNO5S2/c1-13(9-5-6-18-8-9)20(16,17)11-4-2-3-10(7-11)19(12,14)15/h2-4,7,9H,5-6,8H2,1H3. The van der Waals surface area contributed by atoms with Gasteiger partial charge in [-0.3, -0.25) is 0 Å². The molecular formula is C11H14FNO5S2. The van der Waals surface area contributed by atoms with Gasteiger partial charge in [0.1, 0.15) is 0 Å². The van der Waals surface area contributed by atoms with Crippen LogP contribution in [0.2, 0.25) is 0 Å². The molecule has 20 heavy (non-hydrogen) atoms. The summed E-state index contributed by atoms with van der Waals surface area (Å²) in [5.41, 5.74) is 0. The summed E-state index contributed by atoms with van der Waals surface area (Å²) in [6.45, 7) is 0.764. The zero-order chi connectivity index (χ0) is 15.0. The predicted octanol–water partition coefficient (Wildman–Crippen LogP) is 0.754. The van der Waals surface area contributed by atoms with Crippen molar-refractivity contribution in [1.82, 2.24) is 4.31 Å². The van der Waals surface area contributed by atoms with E-state index < -0.39 is 25.1 Å². The number of halogens is 1. The first-order chi connectivity index (χ1) is 9.23. The van der Waals surface area contributed by atoms with E-state index in [4.69, 9.17) is 4.74 Å². The Labute approximate surface area is 117 Å². The quantitative estimate of drug-likeness (QED) is 0.764. The van der Waals surface area contributed by atoms with Crippen molar-refractivity contribution in [3.63, 3.8) is 0 Å². The van der Waals surface area contributed by atoms with Crippen molar-refractivity contribution in [3.8, 4) is 0 Å². The lowest BCUT2D eigenvalue weighted by molar-refractivity contribution is 0.181. The Balaban J connectivity index is 2.39. The smallest absolute Gasteiger partial charge is 0.332 e. The number of hydrogen-bond donors (Lipinski definition) is 0. The third kappa shape index (κ3) is 3.00. The van der Waals surface area contributed by atoms with Crippen molar-refractivity contribution in [2.24, 2.45) is 0 Å². The minimum absolute atomic E-state index is 0.259. The van der Waals surface area contributed by atoms with E-state index in [1.807, 2.05) is 0 Å². The molecule has 1 heterocycles. The Morgan fingerprint density at radius 2 is 1.90 bits per heavy atom. The number of sulfonamides is 1. The highest BCUT2D eigenvalue weighted by Crippen LogP contribution is 2.23. The van der Waals surface area contributed by atoms with Crippen LogP contribution in [0.4, 0.5) is 3.89 Å². The van der Waals surface area contributed by atoms with E-state index in [0.717, 1.165) is 16.4 Å². The molecule has 1 unspecified atom stereocenters. The number of nitrogens with zero attached hydrogens (tertiary/aromatic N) is 1. The topological polar surface area (TPSA) is 80.8 Å². The Kier molecular flexibility index (Phi) is 4.14. The number of rotatable bonds is 4. The van der Waals surface area contributed by atoms with Gasteiger partial charge in [-0.15, -0.1) is 3.89 Å². The molecule has 0 spiro atoms. The van der Waals surface area contributed by atoms with Crippen molar-refractivity contribution in [2.45, 2.75) is 22.3 Å². The molecule has 0 aromatic heterocycles. The van der Waals surface area contributed by atoms with Crippen LogP contribution in [0.3, 0.4) is 0 Å². The normalized spacial score (nSPS) is 20.4. The molecule has 0 bridgehead atoms. The van der Waals surface area contributed by atoms with Crippen LogP contribution in [-0.2, 0) is 25.0 Å². The van der Waals surface area contributed by atoms with Gasteiger partial charge in [0.15, 0.2) is 0 Å². The summed E-state index contributed by atoms with van der Waals surface area (Å²) in [6.07, 6.45) is 0.566. The molecule has 0 aliphatic carbocycles. The fourth-order valence-electron chi connectivity index (χ4n) is 1.96. The molecule has 1 aliphatic rings. The highest BCUT2D eigenvalue weighted by Gasteiger charge is 2.31. The summed E-state index contributed by atoms with van der Waals surface area (Å²) in [5.74, 6) is 0. The van der Waals surface area contributed by atoms with Crippen LogP contribution in [-0.4, -0.2) is 47.4 Å². The minimum atomic E-state index is -4.94. The van der Waals surface area contributed by atoms with Gasteiger partial charge in [0.25, 0.3) is 0 Å². The van der Waals surface area contributed by atoms with E-state index >= 15 is 0 Å². The van der Waals surface area contributed by atoms with Gasteiger partial charge in [-0.05, 0) is 24.6 Å². The van der Waals surface area contributed by atoms with E-state index in [-0.39, 0.29) is 17.5 Å². The number of benzene rings is 1. The van der Waals surface area contributed by atoms with E-state index in [0.29, 0.717) is 13.0 Å². The second kappa shape index (κ2) is 5.40. The van der Waals surface area contributed by atoms with Crippen molar-refractivity contribution in [2.75, 3.05) is 20.3 Å². The molecule has 1 fully saturated rings. The van der Waals surface area contributed by atoms with Crippen molar-refractivity contribution in [1.29, 1.82) is 0 Å². The molecule has 0 N–H and O–H groups in total. The molecule has 112 valence electrons. The summed E-state index contributed by atoms with van der Waals surface area (Å²) < 4.78 is 65.6. The molecule has 1 saturated heterocycles. The maximum absolute atomic E-state index is 12.9. The van der Waals surface area contributed by atoms with Gasteiger partial charge < -0.3 is 4.74 Å². The van der Waals surface area contributed by atoms with Crippen LogP contribution < -0.4 is 0 Å². The maximum Gasteiger partial charge on any atom is 0.332 e. The predicted molar refractivity (Wildman–Crippen MR) is 68.9 cm³/mol. The largest absolute Gasteiger partial charge is 0.380 e. The lowest BCUT2D eigenvalue weighted by Gasteiger charge is -2.22. The highest BCUT2D eigenvalue weighted by atomic mass is 32.3. The lowest BCUT2D eigenvalue weighted by Crippen LogP contribution is -2.37. The first-order valence-corrected chi connectivity index (χ1v) is 8.66. The average Bonchev–Trinajstić information content (AvgIpc) is 2.90. The third-order valence-electron chi connectivity index (χ3n) is 3.18. The van der Waals surface area contributed by atoms with E-state index in [1.165, 1.54) is 19.2 Å². The summed E-state index contributed by atoms with van der Waals surface area (Å²) in [6, 6.07) is 3.95. The van der Waals surface area contributed by atoms with Crippen LogP contribution in [0.5, 0.6) is 0 Å². The molecule has 1 aromatic rings. The molecule has 0 saturated carbocycles. The monoisotopic (exact) mass is 323 g/mol. The van der Waals surface area contributed by atoms with Gasteiger partial charge in [0.2, 0.25) is 10.0 Å². The van der Waals surface area contributed by atoms with Crippen molar-refractivity contribution in [3.05, 3.63) is 24.3 Å². The van der Waals surface area contributed by atoms with E-state index in [1.54, 1.807) is 0 Å². The van der Waals surface area contributed by atoms with E-state index in [2.05, 4.69) is 0 Å². The van der Waals surface area contributed by atoms with Crippen molar-refractivity contribution < 1.29 is 25.5 Å². The van der Waals surface area contributed by atoms with Gasteiger partial charge in [-0.25, -0.2) is 8.42 Å². The second-order valence-electron chi connectivity index (χ2n) is 4.45. The second-order valence-corrected chi connectivity index (χ2v) is 7.80. The summed E-state index contributed by atoms with van der Waals surface area (Å²) in [5, 5.41) is 0. The van der Waals surface area contributed by atoms with Crippen LogP contribution in [0.1, 0.15) is 6.42 Å². The third-order valence-corrected chi connectivity index (χ3v) is 5.91. The maximum atomic E-state index is 12.9. The van der Waals surface area contributed by atoms with Gasteiger partial charge in [0, 0.05) is 13.7 Å². The molecular weight excluding hydrogens is 309 g/mol. The molecule has 1 aliphatic heterocycles. The summed E-state index contributed by atoms with van der Waals surface area (Å²) >= 11 is 0. The molecule has 1 atom stereocenters. The molecule has 2 rings (SSSR count). The molecule has 0 amide bonds. The fourth-order valence-corrected chi connectivity index (χ4v) is 3.96. The molecule has 0 radical (unpaired) electrons. The number of likely N-dealkylation sites (N-methyl/N-ethyl adjacent to an activating group) is 1. The fraction of sp³-hybridized carbons (Fsp3) is 0.455. The zero-order valence-electron chi connectivity index (χ0n) is 10.7. The Bertz CT molecular complexity index is 695. The van der Waals surface area contributed by atoms with Crippen LogP contribution in [0, 0.1) is 0 Å². The molecule has 6 nitrogen and oxygen atoms in total. The molecule has 9 heteroatoms. The Hall–Kier alpha value is -1.03. The Morgan fingerprint density at radius 3 is 2.45 bits per heavy atom. The van der Waals surface area contributed by atoms with Gasteiger partial charge in [-0.2, -0.15) is 12.7 Å². The Morgan fingerprint density at radius 1 is 1.25 bits per heavy atom. The van der Waals surface area contributed by atoms with Crippen LogP contribution in [0.25, 0.3) is 0 Å². The van der Waals surface area contributed by atoms with Gasteiger partial charge in [-0.1, -0.05) is 6.07 Å². The minimum Gasteiger partial charge on any atom is -0.380 e. The first-order valence-electron chi connectivity index (χ1n) is 5.83. The summed E-state index contributed by atoms with van der Waals surface area (Å²) in [4.78, 5) is -0.930. The SMILES string of the molecule is CN(C1CCOC1)S(=O)(=O)c1cccc(S(=O)(=O)F)c1. The highest BCUT2D eigenvalue weighted by molar-refractivity contribution is 7.89. The lowest BCUT2D eigenvalue weighted by atomic mass is 10.3. The number of hydrogen-bond acceptors (Lipinski definition) is 5. The van der Waals surface area contributed by atoms with Crippen molar-refractivity contribution >= 4 is 20.2 Å². The average molecular weight is 323 g/mol. The van der Waals surface area contributed by atoms with Gasteiger partial charge >= 0.3 is 10.2 Å². The summed E-state index contributed by atoms with van der Waals surface area (Å²) in [7, 11) is -7.43.